The van der Waals surface area contributed by atoms with Crippen molar-refractivity contribution >= 4 is 17.9 Å². The highest BCUT2D eigenvalue weighted by atomic mass is 16.5. The number of furan rings is 1. The van der Waals surface area contributed by atoms with Crippen LogP contribution in [0.2, 0.25) is 0 Å². The zero-order chi connectivity index (χ0) is 22.9. The lowest BCUT2D eigenvalue weighted by molar-refractivity contribution is -0.118. The van der Waals surface area contributed by atoms with Gasteiger partial charge in [0.2, 0.25) is 0 Å². The monoisotopic (exact) mass is 434 g/mol. The summed E-state index contributed by atoms with van der Waals surface area (Å²) in [6.45, 7) is 4.09. The second-order valence-electron chi connectivity index (χ2n) is 7.25. The van der Waals surface area contributed by atoms with Crippen LogP contribution in [-0.4, -0.2) is 31.6 Å². The van der Waals surface area contributed by atoms with Crippen molar-refractivity contribution in [3.8, 4) is 11.5 Å². The molecule has 1 aromatic heterocycles. The molecule has 166 valence electrons. The van der Waals surface area contributed by atoms with Crippen molar-refractivity contribution < 1.29 is 23.5 Å². The number of nitrogens with one attached hydrogen (secondary N) is 2. The van der Waals surface area contributed by atoms with Crippen molar-refractivity contribution in [1.82, 2.24) is 10.6 Å². The lowest BCUT2D eigenvalue weighted by Gasteiger charge is -2.17. The minimum atomic E-state index is -0.455. The molecule has 0 unspecified atom stereocenters. The summed E-state index contributed by atoms with van der Waals surface area (Å²) in [7, 11) is 1.55. The number of aryl methyl sites for hydroxylation is 1. The molecule has 0 fully saturated rings. The highest BCUT2D eigenvalue weighted by molar-refractivity contribution is 6.05. The van der Waals surface area contributed by atoms with E-state index in [1.807, 2.05) is 38.1 Å². The minimum Gasteiger partial charge on any atom is -0.497 e. The van der Waals surface area contributed by atoms with Crippen molar-refractivity contribution in [2.45, 2.75) is 19.9 Å². The number of benzene rings is 2. The zero-order valence-electron chi connectivity index (χ0n) is 18.3. The number of amides is 2. The molecule has 0 aliphatic rings. The number of rotatable bonds is 9. The molecule has 32 heavy (non-hydrogen) atoms. The molecule has 0 radical (unpaired) electrons. The Morgan fingerprint density at radius 2 is 1.72 bits per heavy atom. The molecule has 0 spiro atoms. The molecule has 2 aromatic carbocycles. The molecule has 0 saturated carbocycles. The molecule has 0 bridgehead atoms. The Kier molecular flexibility index (Phi) is 7.70. The van der Waals surface area contributed by atoms with Crippen LogP contribution in [0, 0.1) is 6.92 Å². The van der Waals surface area contributed by atoms with Gasteiger partial charge in [-0.15, -0.1) is 0 Å². The predicted molar refractivity (Wildman–Crippen MR) is 121 cm³/mol. The first-order valence-electron chi connectivity index (χ1n) is 10.2. The second-order valence-corrected chi connectivity index (χ2v) is 7.25. The van der Waals surface area contributed by atoms with Gasteiger partial charge in [-0.1, -0.05) is 17.7 Å². The van der Waals surface area contributed by atoms with Crippen LogP contribution in [0.1, 0.15) is 28.6 Å². The topological polar surface area (TPSA) is 89.8 Å². The van der Waals surface area contributed by atoms with Gasteiger partial charge in [-0.3, -0.25) is 9.59 Å². The quantitative estimate of drug-likeness (QED) is 0.498. The van der Waals surface area contributed by atoms with E-state index in [1.54, 1.807) is 43.5 Å². The van der Waals surface area contributed by atoms with Gasteiger partial charge in [0.05, 0.1) is 19.4 Å². The van der Waals surface area contributed by atoms with E-state index in [-0.39, 0.29) is 18.3 Å². The Bertz CT molecular complexity index is 1050. The Labute approximate surface area is 187 Å². The standard InChI is InChI=1S/C25H26N2O5/c1-17-6-10-21(11-7-17)32-16-18(2)26-25(29)23(15-22-5-4-14-31-22)27-24(28)19-8-12-20(30-3)13-9-19/h4-15,18H,16H2,1-3H3,(H,26,29)(H,27,28)/b23-15-/t18-/m0/s1. The molecule has 0 saturated heterocycles. The third-order valence-electron chi connectivity index (χ3n) is 4.57. The molecule has 0 aliphatic heterocycles. The van der Waals surface area contributed by atoms with E-state index >= 15 is 0 Å². The van der Waals surface area contributed by atoms with Crippen LogP contribution in [0.15, 0.2) is 77.0 Å². The van der Waals surface area contributed by atoms with E-state index in [0.717, 1.165) is 11.3 Å². The molecule has 1 atom stereocenters. The normalized spacial score (nSPS) is 12.0. The average molecular weight is 434 g/mol. The maximum atomic E-state index is 12.9. The van der Waals surface area contributed by atoms with Crippen molar-refractivity contribution in [3.63, 3.8) is 0 Å². The maximum absolute atomic E-state index is 12.9. The van der Waals surface area contributed by atoms with Gasteiger partial charge in [0.1, 0.15) is 29.6 Å². The fraction of sp³-hybridized carbons (Fsp3) is 0.200. The van der Waals surface area contributed by atoms with Crippen LogP contribution in [-0.2, 0) is 4.79 Å². The smallest absolute Gasteiger partial charge is 0.268 e. The number of ether oxygens (including phenoxy) is 2. The Morgan fingerprint density at radius 1 is 1.03 bits per heavy atom. The number of hydrogen-bond donors (Lipinski definition) is 2. The molecule has 0 aliphatic carbocycles. The van der Waals surface area contributed by atoms with Crippen LogP contribution in [0.3, 0.4) is 0 Å². The van der Waals surface area contributed by atoms with Gasteiger partial charge in [-0.2, -0.15) is 0 Å². The summed E-state index contributed by atoms with van der Waals surface area (Å²) in [6, 6.07) is 17.3. The van der Waals surface area contributed by atoms with E-state index in [1.165, 1.54) is 12.3 Å². The summed E-state index contributed by atoms with van der Waals surface area (Å²) in [6.07, 6.45) is 2.97. The lowest BCUT2D eigenvalue weighted by Crippen LogP contribution is -2.41. The van der Waals surface area contributed by atoms with Gasteiger partial charge in [0, 0.05) is 11.6 Å². The van der Waals surface area contributed by atoms with Gasteiger partial charge in [-0.25, -0.2) is 0 Å². The second kappa shape index (κ2) is 10.9. The summed E-state index contributed by atoms with van der Waals surface area (Å²) in [5.74, 6) is 0.907. The molecular formula is C25H26N2O5. The van der Waals surface area contributed by atoms with Gasteiger partial charge in [-0.05, 0) is 62.4 Å². The van der Waals surface area contributed by atoms with Crippen LogP contribution in [0.5, 0.6) is 11.5 Å². The van der Waals surface area contributed by atoms with Crippen LogP contribution >= 0.6 is 0 Å². The van der Waals surface area contributed by atoms with E-state index < -0.39 is 11.8 Å². The third-order valence-corrected chi connectivity index (χ3v) is 4.57. The average Bonchev–Trinajstić information content (AvgIpc) is 3.31. The SMILES string of the molecule is COc1ccc(C(=O)N/C(=C\c2ccco2)C(=O)N[C@@H](C)COc2ccc(C)cc2)cc1. The number of carbonyl (C=O) groups is 2. The van der Waals surface area contributed by atoms with Gasteiger partial charge in [0.15, 0.2) is 0 Å². The highest BCUT2D eigenvalue weighted by Gasteiger charge is 2.17. The summed E-state index contributed by atoms with van der Waals surface area (Å²) in [5.41, 5.74) is 1.58. The van der Waals surface area contributed by atoms with Crippen LogP contribution < -0.4 is 20.1 Å². The van der Waals surface area contributed by atoms with Crippen molar-refractivity contribution in [3.05, 3.63) is 89.5 Å². The predicted octanol–water partition coefficient (Wildman–Crippen LogP) is 3.95. The molecule has 3 rings (SSSR count). The Hall–Kier alpha value is -4.00. The molecule has 3 aromatic rings. The lowest BCUT2D eigenvalue weighted by atomic mass is 10.2. The summed E-state index contributed by atoms with van der Waals surface area (Å²) in [5, 5.41) is 5.50. The van der Waals surface area contributed by atoms with Gasteiger partial charge >= 0.3 is 0 Å². The van der Waals surface area contributed by atoms with E-state index in [9.17, 15) is 9.59 Å². The first kappa shape index (κ1) is 22.7. The Balaban J connectivity index is 1.66. The van der Waals surface area contributed by atoms with E-state index in [0.29, 0.717) is 17.1 Å². The van der Waals surface area contributed by atoms with Crippen LogP contribution in [0.4, 0.5) is 0 Å². The van der Waals surface area contributed by atoms with Crippen molar-refractivity contribution in [2.24, 2.45) is 0 Å². The van der Waals surface area contributed by atoms with Gasteiger partial charge < -0.3 is 24.5 Å². The minimum absolute atomic E-state index is 0.0583. The molecule has 7 nitrogen and oxygen atoms in total. The first-order valence-corrected chi connectivity index (χ1v) is 10.2. The molecule has 7 heteroatoms. The largest absolute Gasteiger partial charge is 0.497 e. The zero-order valence-corrected chi connectivity index (χ0v) is 18.3. The van der Waals surface area contributed by atoms with Gasteiger partial charge in [0.25, 0.3) is 11.8 Å². The molecule has 1 heterocycles. The number of carbonyl (C=O) groups excluding carboxylic acids is 2. The van der Waals surface area contributed by atoms with Crippen molar-refractivity contribution in [2.75, 3.05) is 13.7 Å². The van der Waals surface area contributed by atoms with Crippen LogP contribution in [0.25, 0.3) is 6.08 Å². The summed E-state index contributed by atoms with van der Waals surface area (Å²) in [4.78, 5) is 25.6. The summed E-state index contributed by atoms with van der Waals surface area (Å²) < 4.78 is 16.1. The molecule has 2 N–H and O–H groups in total. The fourth-order valence-electron chi connectivity index (χ4n) is 2.81. The number of hydrogen-bond acceptors (Lipinski definition) is 5. The summed E-state index contributed by atoms with van der Waals surface area (Å²) >= 11 is 0. The highest BCUT2D eigenvalue weighted by Crippen LogP contribution is 2.14. The Morgan fingerprint density at radius 3 is 2.34 bits per heavy atom. The maximum Gasteiger partial charge on any atom is 0.268 e. The molecular weight excluding hydrogens is 408 g/mol. The number of methoxy groups -OCH3 is 1. The fourth-order valence-corrected chi connectivity index (χ4v) is 2.81. The first-order chi connectivity index (χ1) is 15.4. The van der Waals surface area contributed by atoms with E-state index in [2.05, 4.69) is 10.6 Å². The van der Waals surface area contributed by atoms with E-state index in [4.69, 9.17) is 13.9 Å². The molecule has 2 amide bonds. The van der Waals surface area contributed by atoms with Crippen molar-refractivity contribution in [1.29, 1.82) is 0 Å². The third kappa shape index (κ3) is 6.50.